The monoisotopic (exact) mass is 260 g/mol. The van der Waals surface area contributed by atoms with E-state index in [1.165, 1.54) is 25.7 Å². The van der Waals surface area contributed by atoms with Gasteiger partial charge in [0.05, 0.1) is 11.7 Å². The molecule has 2 bridgehead atoms. The molecule has 3 fully saturated rings. The zero-order valence-corrected chi connectivity index (χ0v) is 12.3. The van der Waals surface area contributed by atoms with E-state index in [-0.39, 0.29) is 5.60 Å². The van der Waals surface area contributed by atoms with E-state index >= 15 is 0 Å². The van der Waals surface area contributed by atoms with E-state index in [0.717, 1.165) is 6.04 Å². The Morgan fingerprint density at radius 1 is 1.29 bits per heavy atom. The lowest BCUT2D eigenvalue weighted by atomic mass is 9.70. The summed E-state index contributed by atoms with van der Waals surface area (Å²) in [5.41, 5.74) is 0.0801. The SMILES string of the molecule is CO[Si](CC(C)C12CCCC(C1)O2)(OC)OC. The molecule has 2 saturated heterocycles. The fourth-order valence-electron chi connectivity index (χ4n) is 3.28. The van der Waals surface area contributed by atoms with Crippen molar-refractivity contribution in [1.82, 2.24) is 0 Å². The smallest absolute Gasteiger partial charge is 0.377 e. The molecule has 17 heavy (non-hydrogen) atoms. The molecule has 4 nitrogen and oxygen atoms in total. The highest BCUT2D eigenvalue weighted by molar-refractivity contribution is 6.60. The minimum absolute atomic E-state index is 0.0801. The molecule has 2 aliphatic heterocycles. The molecular weight excluding hydrogens is 236 g/mol. The van der Waals surface area contributed by atoms with Gasteiger partial charge in [0.15, 0.2) is 0 Å². The third kappa shape index (κ3) is 2.31. The second-order valence-electron chi connectivity index (χ2n) is 5.30. The van der Waals surface area contributed by atoms with Gasteiger partial charge in [-0.25, -0.2) is 0 Å². The van der Waals surface area contributed by atoms with Crippen molar-refractivity contribution in [3.63, 3.8) is 0 Å². The molecule has 0 aromatic carbocycles. The first-order valence-corrected chi connectivity index (χ1v) is 8.36. The Morgan fingerprint density at radius 3 is 2.29 bits per heavy atom. The molecule has 100 valence electrons. The maximum Gasteiger partial charge on any atom is 0.500 e. The summed E-state index contributed by atoms with van der Waals surface area (Å²) in [7, 11) is 2.56. The fourth-order valence-corrected chi connectivity index (χ4v) is 5.41. The Hall–Kier alpha value is 0.0569. The average Bonchev–Trinajstić information content (AvgIpc) is 2.35. The number of hydrogen-bond donors (Lipinski definition) is 0. The molecular formula is C12H24O4Si. The molecule has 0 amide bonds. The van der Waals surface area contributed by atoms with Crippen LogP contribution >= 0.6 is 0 Å². The summed E-state index contributed by atoms with van der Waals surface area (Å²) in [6, 6.07) is 0.837. The molecule has 0 N–H and O–H groups in total. The van der Waals surface area contributed by atoms with Crippen molar-refractivity contribution < 1.29 is 18.0 Å². The molecule has 3 unspecified atom stereocenters. The summed E-state index contributed by atoms with van der Waals surface area (Å²) in [5.74, 6) is 0.436. The van der Waals surface area contributed by atoms with Gasteiger partial charge in [-0.15, -0.1) is 0 Å². The Balaban J connectivity index is 1.98. The lowest BCUT2D eigenvalue weighted by Crippen LogP contribution is -2.59. The van der Waals surface area contributed by atoms with Crippen molar-refractivity contribution in [1.29, 1.82) is 0 Å². The second-order valence-corrected chi connectivity index (χ2v) is 8.30. The molecule has 0 spiro atoms. The predicted molar refractivity (Wildman–Crippen MR) is 66.8 cm³/mol. The molecule has 0 aromatic rings. The lowest BCUT2D eigenvalue weighted by molar-refractivity contribution is -0.257. The quantitative estimate of drug-likeness (QED) is 0.686. The van der Waals surface area contributed by atoms with Crippen LogP contribution in [0.25, 0.3) is 0 Å². The van der Waals surface area contributed by atoms with E-state index in [1.807, 2.05) is 0 Å². The van der Waals surface area contributed by atoms with Gasteiger partial charge in [0, 0.05) is 33.8 Å². The van der Waals surface area contributed by atoms with Gasteiger partial charge in [-0.2, -0.15) is 0 Å². The zero-order chi connectivity index (χ0) is 12.5. The van der Waals surface area contributed by atoms with Crippen LogP contribution in [0.5, 0.6) is 0 Å². The van der Waals surface area contributed by atoms with Crippen LogP contribution in [0.1, 0.15) is 32.6 Å². The molecule has 5 heteroatoms. The molecule has 0 aromatic heterocycles. The standard InChI is InChI=1S/C12H24O4Si/c1-10(9-17(13-2,14-3)15-4)12-7-5-6-11(8-12)16-12/h10-11H,5-9H2,1-4H3. The van der Waals surface area contributed by atoms with Gasteiger partial charge in [0.2, 0.25) is 0 Å². The van der Waals surface area contributed by atoms with Crippen LogP contribution in [0.3, 0.4) is 0 Å². The molecule has 2 heterocycles. The normalized spacial score (nSPS) is 34.2. The minimum Gasteiger partial charge on any atom is -0.377 e. The van der Waals surface area contributed by atoms with Gasteiger partial charge in [0.25, 0.3) is 0 Å². The summed E-state index contributed by atoms with van der Waals surface area (Å²) in [5, 5.41) is 0. The van der Waals surface area contributed by atoms with Crippen LogP contribution in [0.4, 0.5) is 0 Å². The van der Waals surface area contributed by atoms with Crippen molar-refractivity contribution in [2.45, 2.75) is 50.4 Å². The average molecular weight is 260 g/mol. The first-order valence-electron chi connectivity index (χ1n) is 6.43. The summed E-state index contributed by atoms with van der Waals surface area (Å²) in [6.45, 7) is 2.24. The van der Waals surface area contributed by atoms with E-state index in [1.54, 1.807) is 21.3 Å². The fraction of sp³-hybridized carbons (Fsp3) is 1.00. The van der Waals surface area contributed by atoms with Crippen molar-refractivity contribution in [3.05, 3.63) is 0 Å². The number of ether oxygens (including phenoxy) is 1. The summed E-state index contributed by atoms with van der Waals surface area (Å²) in [4.78, 5) is 0. The highest BCUT2D eigenvalue weighted by Gasteiger charge is 2.55. The minimum atomic E-state index is -2.47. The van der Waals surface area contributed by atoms with Gasteiger partial charge >= 0.3 is 8.80 Å². The van der Waals surface area contributed by atoms with Gasteiger partial charge < -0.3 is 18.0 Å². The maximum atomic E-state index is 6.06. The summed E-state index contributed by atoms with van der Waals surface area (Å²) in [6.07, 6.45) is 5.41. The van der Waals surface area contributed by atoms with Crippen LogP contribution in [0.2, 0.25) is 6.04 Å². The van der Waals surface area contributed by atoms with Gasteiger partial charge in [-0.05, 0) is 25.2 Å². The number of fused-ring (bicyclic) bond motifs is 2. The number of hydrogen-bond acceptors (Lipinski definition) is 4. The molecule has 1 saturated carbocycles. The van der Waals surface area contributed by atoms with Crippen LogP contribution in [0.15, 0.2) is 0 Å². The van der Waals surface area contributed by atoms with Gasteiger partial charge in [-0.1, -0.05) is 6.92 Å². The van der Waals surface area contributed by atoms with Crippen molar-refractivity contribution in [2.24, 2.45) is 5.92 Å². The molecule has 3 atom stereocenters. The van der Waals surface area contributed by atoms with Gasteiger partial charge in [0.1, 0.15) is 0 Å². The zero-order valence-electron chi connectivity index (χ0n) is 11.3. The molecule has 0 radical (unpaired) electrons. The van der Waals surface area contributed by atoms with E-state index in [4.69, 9.17) is 18.0 Å². The maximum absolute atomic E-state index is 6.06. The van der Waals surface area contributed by atoms with E-state index in [2.05, 4.69) is 6.92 Å². The highest BCUT2D eigenvalue weighted by atomic mass is 28.4. The first-order chi connectivity index (χ1) is 8.10. The second kappa shape index (κ2) is 4.97. The van der Waals surface area contributed by atoms with Crippen molar-refractivity contribution in [3.8, 4) is 0 Å². The third-order valence-corrected chi connectivity index (χ3v) is 7.47. The van der Waals surface area contributed by atoms with Crippen LogP contribution < -0.4 is 0 Å². The van der Waals surface area contributed by atoms with Crippen molar-refractivity contribution in [2.75, 3.05) is 21.3 Å². The molecule has 3 rings (SSSR count). The van der Waals surface area contributed by atoms with Crippen LogP contribution in [-0.4, -0.2) is 41.8 Å². The number of rotatable bonds is 6. The Kier molecular flexibility index (Phi) is 3.95. The first kappa shape index (κ1) is 13.5. The molecule has 1 aliphatic carbocycles. The largest absolute Gasteiger partial charge is 0.500 e. The Bertz CT molecular complexity index is 247. The summed E-state index contributed by atoms with van der Waals surface area (Å²) >= 11 is 0. The predicted octanol–water partition coefficient (Wildman–Crippen LogP) is 2.21. The Morgan fingerprint density at radius 2 is 1.88 bits per heavy atom. The third-order valence-electron chi connectivity index (χ3n) is 4.49. The topological polar surface area (TPSA) is 36.9 Å². The Labute approximate surface area is 105 Å². The van der Waals surface area contributed by atoms with Crippen LogP contribution in [-0.2, 0) is 18.0 Å². The van der Waals surface area contributed by atoms with Gasteiger partial charge in [-0.3, -0.25) is 0 Å². The van der Waals surface area contributed by atoms with E-state index in [9.17, 15) is 0 Å². The van der Waals surface area contributed by atoms with E-state index < -0.39 is 8.80 Å². The van der Waals surface area contributed by atoms with E-state index in [0.29, 0.717) is 12.0 Å². The van der Waals surface area contributed by atoms with Crippen LogP contribution in [0, 0.1) is 5.92 Å². The lowest BCUT2D eigenvalue weighted by Gasteiger charge is -2.56. The highest BCUT2D eigenvalue weighted by Crippen LogP contribution is 2.50. The molecule has 3 aliphatic rings. The van der Waals surface area contributed by atoms with Crippen molar-refractivity contribution >= 4 is 8.80 Å². The summed E-state index contributed by atoms with van der Waals surface area (Å²) < 4.78 is 22.6.